The fourth-order valence-electron chi connectivity index (χ4n) is 4.12. The molecular formula is C21H28N4O2. The first-order valence-corrected chi connectivity index (χ1v) is 10.0. The average Bonchev–Trinajstić information content (AvgIpc) is 3.28. The van der Waals surface area contributed by atoms with Gasteiger partial charge in [0.2, 0.25) is 0 Å². The second-order valence-corrected chi connectivity index (χ2v) is 7.44. The Morgan fingerprint density at radius 3 is 2.93 bits per heavy atom. The highest BCUT2D eigenvalue weighted by molar-refractivity contribution is 5.95. The van der Waals surface area contributed by atoms with Gasteiger partial charge in [-0.3, -0.25) is 9.69 Å². The highest BCUT2D eigenvalue weighted by Gasteiger charge is 2.28. The Balaban J connectivity index is 1.44. The van der Waals surface area contributed by atoms with Crippen LogP contribution in [-0.2, 0) is 4.74 Å². The molecule has 1 aromatic carbocycles. The smallest absolute Gasteiger partial charge is 0.254 e. The van der Waals surface area contributed by atoms with E-state index in [9.17, 15) is 4.79 Å². The molecule has 0 spiro atoms. The number of likely N-dealkylation sites (tertiary alicyclic amines) is 1. The molecule has 1 N–H and O–H groups in total. The number of hydrogen-bond donors (Lipinski definition) is 1. The van der Waals surface area contributed by atoms with Crippen LogP contribution in [0.2, 0.25) is 0 Å². The van der Waals surface area contributed by atoms with Gasteiger partial charge in [-0.2, -0.15) is 0 Å². The van der Waals surface area contributed by atoms with Crippen molar-refractivity contribution in [1.29, 1.82) is 0 Å². The van der Waals surface area contributed by atoms with Crippen molar-refractivity contribution in [3.05, 3.63) is 42.4 Å². The van der Waals surface area contributed by atoms with E-state index in [0.717, 1.165) is 75.5 Å². The van der Waals surface area contributed by atoms with E-state index in [1.165, 1.54) is 6.42 Å². The number of benzene rings is 1. The van der Waals surface area contributed by atoms with Gasteiger partial charge in [0, 0.05) is 43.3 Å². The maximum Gasteiger partial charge on any atom is 0.254 e. The highest BCUT2D eigenvalue weighted by atomic mass is 16.5. The lowest BCUT2D eigenvalue weighted by atomic mass is 9.97. The number of imidazole rings is 1. The lowest BCUT2D eigenvalue weighted by Crippen LogP contribution is -2.46. The number of hydrogen-bond acceptors (Lipinski definition) is 4. The van der Waals surface area contributed by atoms with E-state index in [4.69, 9.17) is 4.74 Å². The molecule has 2 aliphatic heterocycles. The first-order valence-electron chi connectivity index (χ1n) is 10.0. The maximum atomic E-state index is 13.2. The van der Waals surface area contributed by atoms with E-state index in [-0.39, 0.29) is 5.91 Å². The Morgan fingerprint density at radius 2 is 2.11 bits per heavy atom. The van der Waals surface area contributed by atoms with Crippen LogP contribution >= 0.6 is 0 Å². The van der Waals surface area contributed by atoms with Gasteiger partial charge in [0.15, 0.2) is 0 Å². The van der Waals surface area contributed by atoms with Crippen molar-refractivity contribution < 1.29 is 9.53 Å². The summed E-state index contributed by atoms with van der Waals surface area (Å²) >= 11 is 0. The zero-order chi connectivity index (χ0) is 18.5. The lowest BCUT2D eigenvalue weighted by molar-refractivity contribution is 0.0296. The summed E-state index contributed by atoms with van der Waals surface area (Å²) in [6, 6.07) is 8.20. The largest absolute Gasteiger partial charge is 0.379 e. The van der Waals surface area contributed by atoms with Crippen LogP contribution in [-0.4, -0.2) is 71.1 Å². The number of morpholine rings is 1. The summed E-state index contributed by atoms with van der Waals surface area (Å²) in [5.41, 5.74) is 2.70. The molecule has 1 aromatic heterocycles. The number of aromatic amines is 1. The van der Waals surface area contributed by atoms with E-state index in [1.807, 2.05) is 24.3 Å². The first kappa shape index (κ1) is 18.2. The van der Waals surface area contributed by atoms with Gasteiger partial charge in [-0.15, -0.1) is 0 Å². The first-order chi connectivity index (χ1) is 13.3. The van der Waals surface area contributed by atoms with Crippen molar-refractivity contribution in [3.63, 3.8) is 0 Å². The van der Waals surface area contributed by atoms with E-state index in [0.29, 0.717) is 6.04 Å². The summed E-state index contributed by atoms with van der Waals surface area (Å²) in [5, 5.41) is 0. The SMILES string of the molecule is O=C(c1cccc(-c2cnc[nH]2)c1)N1CCCC[C@@H]1CCN1CCOCC1. The van der Waals surface area contributed by atoms with E-state index in [1.54, 1.807) is 12.5 Å². The average molecular weight is 368 g/mol. The molecule has 0 saturated carbocycles. The van der Waals surface area contributed by atoms with Crippen molar-refractivity contribution in [2.75, 3.05) is 39.4 Å². The van der Waals surface area contributed by atoms with Crippen LogP contribution in [0.1, 0.15) is 36.0 Å². The molecule has 0 radical (unpaired) electrons. The minimum atomic E-state index is 0.156. The number of aromatic nitrogens is 2. The third kappa shape index (κ3) is 4.39. The molecule has 2 aliphatic rings. The maximum absolute atomic E-state index is 13.2. The van der Waals surface area contributed by atoms with Crippen molar-refractivity contribution in [1.82, 2.24) is 19.8 Å². The third-order valence-electron chi connectivity index (χ3n) is 5.69. The van der Waals surface area contributed by atoms with Crippen molar-refractivity contribution >= 4 is 5.91 Å². The Labute approximate surface area is 160 Å². The molecule has 27 heavy (non-hydrogen) atoms. The number of rotatable bonds is 5. The molecule has 144 valence electrons. The Morgan fingerprint density at radius 1 is 1.22 bits per heavy atom. The molecular weight excluding hydrogens is 340 g/mol. The minimum Gasteiger partial charge on any atom is -0.379 e. The Bertz CT molecular complexity index is 740. The van der Waals surface area contributed by atoms with Crippen LogP contribution in [0.5, 0.6) is 0 Å². The van der Waals surface area contributed by atoms with Crippen molar-refractivity contribution in [3.8, 4) is 11.3 Å². The molecule has 1 atom stereocenters. The van der Waals surface area contributed by atoms with Crippen LogP contribution in [0.25, 0.3) is 11.3 Å². The van der Waals surface area contributed by atoms with Gasteiger partial charge in [0.25, 0.3) is 5.91 Å². The van der Waals surface area contributed by atoms with Gasteiger partial charge >= 0.3 is 0 Å². The zero-order valence-corrected chi connectivity index (χ0v) is 15.8. The van der Waals surface area contributed by atoms with E-state index >= 15 is 0 Å². The van der Waals surface area contributed by atoms with Crippen LogP contribution < -0.4 is 0 Å². The van der Waals surface area contributed by atoms with E-state index in [2.05, 4.69) is 19.8 Å². The molecule has 2 aromatic rings. The lowest BCUT2D eigenvalue weighted by Gasteiger charge is -2.37. The van der Waals surface area contributed by atoms with Gasteiger partial charge in [-0.25, -0.2) is 4.98 Å². The quantitative estimate of drug-likeness (QED) is 0.882. The van der Waals surface area contributed by atoms with Gasteiger partial charge in [0.05, 0.1) is 31.4 Å². The fraction of sp³-hybridized carbons (Fsp3) is 0.524. The number of nitrogens with one attached hydrogen (secondary N) is 1. The van der Waals surface area contributed by atoms with Gasteiger partial charge < -0.3 is 14.6 Å². The number of amides is 1. The molecule has 1 amide bonds. The second kappa shape index (κ2) is 8.67. The van der Waals surface area contributed by atoms with Crippen molar-refractivity contribution in [2.45, 2.75) is 31.7 Å². The molecule has 4 rings (SSSR count). The summed E-state index contributed by atoms with van der Waals surface area (Å²) in [5.74, 6) is 0.156. The summed E-state index contributed by atoms with van der Waals surface area (Å²) in [6.45, 7) is 5.58. The van der Waals surface area contributed by atoms with Gasteiger partial charge in [-0.05, 0) is 37.8 Å². The molecule has 6 heteroatoms. The van der Waals surface area contributed by atoms with Gasteiger partial charge in [0.1, 0.15) is 0 Å². The van der Waals surface area contributed by atoms with E-state index < -0.39 is 0 Å². The minimum absolute atomic E-state index is 0.156. The molecule has 2 fully saturated rings. The molecule has 0 unspecified atom stereocenters. The summed E-state index contributed by atoms with van der Waals surface area (Å²) in [4.78, 5) is 25.0. The van der Waals surface area contributed by atoms with Crippen molar-refractivity contribution in [2.24, 2.45) is 0 Å². The standard InChI is InChI=1S/C21H28N4O2/c26-21(18-5-3-4-17(14-18)20-15-22-16-23-20)25-8-2-1-6-19(25)7-9-24-10-12-27-13-11-24/h3-5,14-16,19H,1-2,6-13H2,(H,22,23)/t19-/m1/s1. The monoisotopic (exact) mass is 368 g/mol. The number of carbonyl (C=O) groups is 1. The Hall–Kier alpha value is -2.18. The summed E-state index contributed by atoms with van der Waals surface area (Å²) in [6.07, 6.45) is 7.92. The van der Waals surface area contributed by atoms with Crippen LogP contribution in [0.3, 0.4) is 0 Å². The highest BCUT2D eigenvalue weighted by Crippen LogP contribution is 2.24. The number of nitrogens with zero attached hydrogens (tertiary/aromatic N) is 3. The molecule has 0 aliphatic carbocycles. The fourth-order valence-corrected chi connectivity index (χ4v) is 4.12. The molecule has 2 saturated heterocycles. The predicted molar refractivity (Wildman–Crippen MR) is 105 cm³/mol. The number of piperidine rings is 1. The van der Waals surface area contributed by atoms with Crippen LogP contribution in [0, 0.1) is 0 Å². The topological polar surface area (TPSA) is 61.5 Å². The molecule has 6 nitrogen and oxygen atoms in total. The Kier molecular flexibility index (Phi) is 5.84. The number of H-pyrrole nitrogens is 1. The normalized spacial score (nSPS) is 21.3. The zero-order valence-electron chi connectivity index (χ0n) is 15.8. The summed E-state index contributed by atoms with van der Waals surface area (Å²) < 4.78 is 5.44. The predicted octanol–water partition coefficient (Wildman–Crippen LogP) is 2.79. The number of ether oxygens (including phenoxy) is 1. The molecule has 0 bridgehead atoms. The summed E-state index contributed by atoms with van der Waals surface area (Å²) in [7, 11) is 0. The number of carbonyl (C=O) groups excluding carboxylic acids is 1. The van der Waals surface area contributed by atoms with Crippen LogP contribution in [0.15, 0.2) is 36.8 Å². The third-order valence-corrected chi connectivity index (χ3v) is 5.69. The molecule has 3 heterocycles. The second-order valence-electron chi connectivity index (χ2n) is 7.44. The van der Waals surface area contributed by atoms with Gasteiger partial charge in [-0.1, -0.05) is 12.1 Å². The van der Waals surface area contributed by atoms with Crippen LogP contribution in [0.4, 0.5) is 0 Å².